The van der Waals surface area contributed by atoms with Gasteiger partial charge in [0.2, 0.25) is 0 Å². The Hall–Kier alpha value is -3.69. The van der Waals surface area contributed by atoms with Crippen molar-refractivity contribution in [3.05, 3.63) is 52.6 Å². The van der Waals surface area contributed by atoms with Crippen LogP contribution < -0.4 is 14.4 Å². The number of carbonyl (C=O) groups excluding carboxylic acids is 2. The van der Waals surface area contributed by atoms with Crippen molar-refractivity contribution in [3.8, 4) is 11.5 Å². The molecule has 1 aliphatic rings. The molecule has 0 saturated carbocycles. The number of pyridine rings is 1. The van der Waals surface area contributed by atoms with Crippen LogP contribution in [0.15, 0.2) is 42.5 Å². The highest BCUT2D eigenvalue weighted by Crippen LogP contribution is 2.37. The van der Waals surface area contributed by atoms with E-state index in [2.05, 4.69) is 4.98 Å². The van der Waals surface area contributed by atoms with Crippen molar-refractivity contribution in [2.75, 3.05) is 24.7 Å². The number of carbonyl (C=O) groups is 2. The number of hydrogen-bond acceptors (Lipinski definition) is 8. The molecule has 10 heteroatoms. The van der Waals surface area contributed by atoms with Gasteiger partial charge in [0, 0.05) is 6.07 Å². The molecule has 29 heavy (non-hydrogen) atoms. The van der Waals surface area contributed by atoms with Gasteiger partial charge in [-0.25, -0.2) is 0 Å². The normalized spacial score (nSPS) is 14.6. The second-order valence-corrected chi connectivity index (χ2v) is 6.63. The van der Waals surface area contributed by atoms with E-state index in [-0.39, 0.29) is 24.8 Å². The lowest BCUT2D eigenvalue weighted by Gasteiger charge is -2.35. The Morgan fingerprint density at radius 1 is 1.21 bits per heavy atom. The molecule has 0 atom stereocenters. The average molecular weight is 401 g/mol. The minimum atomic E-state index is -1.26. The Morgan fingerprint density at radius 2 is 1.93 bits per heavy atom. The SMILES string of the molecule is CC1(C)Oc2ccc([N+](=O)[O-])nc2N(CC(=O)OCCOc2ccccc2)C1=O. The summed E-state index contributed by atoms with van der Waals surface area (Å²) in [6.07, 6.45) is 0. The molecule has 1 aromatic carbocycles. The molecule has 0 spiro atoms. The number of hydrogen-bond donors (Lipinski definition) is 0. The maximum atomic E-state index is 12.7. The highest BCUT2D eigenvalue weighted by Gasteiger charge is 2.45. The molecule has 152 valence electrons. The van der Waals surface area contributed by atoms with Crippen molar-refractivity contribution in [2.45, 2.75) is 19.4 Å². The Labute approximate surface area is 166 Å². The third-order valence-electron chi connectivity index (χ3n) is 4.04. The molecule has 0 aliphatic carbocycles. The van der Waals surface area contributed by atoms with Gasteiger partial charge in [-0.2, -0.15) is 0 Å². The number of nitro groups is 1. The average Bonchev–Trinajstić information content (AvgIpc) is 2.69. The molecule has 1 aliphatic heterocycles. The van der Waals surface area contributed by atoms with Crippen LogP contribution in [0.5, 0.6) is 11.5 Å². The topological polar surface area (TPSA) is 121 Å². The van der Waals surface area contributed by atoms with Gasteiger partial charge in [0.25, 0.3) is 11.7 Å². The number of esters is 1. The van der Waals surface area contributed by atoms with Gasteiger partial charge in [-0.05, 0) is 42.0 Å². The maximum absolute atomic E-state index is 12.7. The lowest BCUT2D eigenvalue weighted by molar-refractivity contribution is -0.389. The first kappa shape index (κ1) is 20.1. The van der Waals surface area contributed by atoms with Crippen molar-refractivity contribution in [1.82, 2.24) is 4.98 Å². The van der Waals surface area contributed by atoms with Crippen LogP contribution in [0.1, 0.15) is 13.8 Å². The van der Waals surface area contributed by atoms with Gasteiger partial charge in [0.1, 0.15) is 25.5 Å². The van der Waals surface area contributed by atoms with Crippen LogP contribution in [0.2, 0.25) is 0 Å². The summed E-state index contributed by atoms with van der Waals surface area (Å²) in [4.78, 5) is 40.1. The molecule has 0 radical (unpaired) electrons. The minimum absolute atomic E-state index is 0.0229. The lowest BCUT2D eigenvalue weighted by Crippen LogP contribution is -2.54. The summed E-state index contributed by atoms with van der Waals surface area (Å²) < 4.78 is 16.1. The molecule has 0 unspecified atom stereocenters. The van der Waals surface area contributed by atoms with Crippen LogP contribution >= 0.6 is 0 Å². The summed E-state index contributed by atoms with van der Waals surface area (Å²) in [5.41, 5.74) is -1.26. The van der Waals surface area contributed by atoms with E-state index in [0.717, 1.165) is 4.90 Å². The van der Waals surface area contributed by atoms with Crippen molar-refractivity contribution in [2.24, 2.45) is 0 Å². The molecule has 0 fully saturated rings. The molecule has 0 N–H and O–H groups in total. The number of amides is 1. The zero-order chi connectivity index (χ0) is 21.0. The zero-order valence-electron chi connectivity index (χ0n) is 15.9. The summed E-state index contributed by atoms with van der Waals surface area (Å²) in [6.45, 7) is 2.72. The van der Waals surface area contributed by atoms with Gasteiger partial charge in [-0.3, -0.25) is 14.5 Å². The standard InChI is InChI=1S/C19H19N3O7/c1-19(2)18(24)21(17-14(29-19)8-9-15(20-17)22(25)26)12-16(23)28-11-10-27-13-6-4-3-5-7-13/h3-9H,10-12H2,1-2H3. The lowest BCUT2D eigenvalue weighted by atomic mass is 10.1. The van der Waals surface area contributed by atoms with Gasteiger partial charge in [0.15, 0.2) is 11.4 Å². The molecule has 10 nitrogen and oxygen atoms in total. The minimum Gasteiger partial charge on any atom is -0.490 e. The molecule has 1 aromatic heterocycles. The van der Waals surface area contributed by atoms with E-state index in [1.807, 2.05) is 18.2 Å². The number of rotatable bonds is 7. The monoisotopic (exact) mass is 401 g/mol. The van der Waals surface area contributed by atoms with Crippen molar-refractivity contribution >= 4 is 23.5 Å². The molecule has 1 amide bonds. The number of benzene rings is 1. The van der Waals surface area contributed by atoms with Crippen molar-refractivity contribution in [1.29, 1.82) is 0 Å². The van der Waals surface area contributed by atoms with Crippen molar-refractivity contribution in [3.63, 3.8) is 0 Å². The molecule has 2 aromatic rings. The predicted molar refractivity (Wildman–Crippen MR) is 101 cm³/mol. The zero-order valence-corrected chi connectivity index (χ0v) is 15.9. The second-order valence-electron chi connectivity index (χ2n) is 6.63. The quantitative estimate of drug-likeness (QED) is 0.299. The van der Waals surface area contributed by atoms with Gasteiger partial charge < -0.3 is 24.3 Å². The highest BCUT2D eigenvalue weighted by molar-refractivity contribution is 6.04. The van der Waals surface area contributed by atoms with Gasteiger partial charge >= 0.3 is 11.8 Å². The van der Waals surface area contributed by atoms with E-state index in [0.29, 0.717) is 5.75 Å². The fourth-order valence-corrected chi connectivity index (χ4v) is 2.69. The number of anilines is 1. The van der Waals surface area contributed by atoms with Crippen LogP contribution in [-0.4, -0.2) is 47.1 Å². The van der Waals surface area contributed by atoms with E-state index < -0.39 is 34.8 Å². The summed E-state index contributed by atoms with van der Waals surface area (Å²) in [7, 11) is 0. The number of para-hydroxylation sites is 1. The maximum Gasteiger partial charge on any atom is 0.366 e. The van der Waals surface area contributed by atoms with E-state index in [1.165, 1.54) is 26.0 Å². The number of aromatic nitrogens is 1. The predicted octanol–water partition coefficient (Wildman–Crippen LogP) is 2.12. The van der Waals surface area contributed by atoms with Crippen LogP contribution in [0, 0.1) is 10.1 Å². The summed E-state index contributed by atoms with van der Waals surface area (Å²) in [5.74, 6) is -1.02. The Balaban J connectivity index is 1.67. The third kappa shape index (κ3) is 4.60. The molecule has 2 heterocycles. The van der Waals surface area contributed by atoms with Gasteiger partial charge in [-0.15, -0.1) is 0 Å². The molecule has 0 saturated heterocycles. The van der Waals surface area contributed by atoms with Gasteiger partial charge in [0.05, 0.1) is 0 Å². The van der Waals surface area contributed by atoms with Crippen LogP contribution in [0.25, 0.3) is 0 Å². The van der Waals surface area contributed by atoms with Crippen molar-refractivity contribution < 1.29 is 28.7 Å². The van der Waals surface area contributed by atoms with Gasteiger partial charge in [-0.1, -0.05) is 18.2 Å². The molecular weight excluding hydrogens is 382 g/mol. The van der Waals surface area contributed by atoms with Crippen LogP contribution in [0.3, 0.4) is 0 Å². The first-order valence-corrected chi connectivity index (χ1v) is 8.78. The number of ether oxygens (including phenoxy) is 3. The molecule has 3 rings (SSSR count). The summed E-state index contributed by atoms with van der Waals surface area (Å²) >= 11 is 0. The first-order valence-electron chi connectivity index (χ1n) is 8.78. The Kier molecular flexibility index (Phi) is 5.62. The summed E-state index contributed by atoms with van der Waals surface area (Å²) in [6, 6.07) is 11.5. The van der Waals surface area contributed by atoms with E-state index >= 15 is 0 Å². The summed E-state index contributed by atoms with van der Waals surface area (Å²) in [5, 5.41) is 11.0. The van der Waals surface area contributed by atoms with E-state index in [1.54, 1.807) is 12.1 Å². The highest BCUT2D eigenvalue weighted by atomic mass is 16.6. The molecule has 0 bridgehead atoms. The van der Waals surface area contributed by atoms with Crippen LogP contribution in [-0.2, 0) is 14.3 Å². The first-order chi connectivity index (χ1) is 13.8. The smallest absolute Gasteiger partial charge is 0.366 e. The number of fused-ring (bicyclic) bond motifs is 1. The Bertz CT molecular complexity index is 931. The largest absolute Gasteiger partial charge is 0.490 e. The fraction of sp³-hybridized carbons (Fsp3) is 0.316. The molecular formula is C19H19N3O7. The second kappa shape index (κ2) is 8.13. The Morgan fingerprint density at radius 3 is 2.62 bits per heavy atom. The third-order valence-corrected chi connectivity index (χ3v) is 4.04. The van der Waals surface area contributed by atoms with E-state index in [4.69, 9.17) is 14.2 Å². The number of nitrogens with zero attached hydrogens (tertiary/aromatic N) is 3. The van der Waals surface area contributed by atoms with E-state index in [9.17, 15) is 19.7 Å². The van der Waals surface area contributed by atoms with Crippen LogP contribution in [0.4, 0.5) is 11.6 Å². The fourth-order valence-electron chi connectivity index (χ4n) is 2.69.